The van der Waals surface area contributed by atoms with Gasteiger partial charge in [0.2, 0.25) is 0 Å². The Labute approximate surface area is 290 Å². The molecule has 0 rings (SSSR count). The van der Waals surface area contributed by atoms with Crippen LogP contribution in [0.25, 0.3) is 0 Å². The molecule has 0 aliphatic carbocycles. The Morgan fingerprint density at radius 3 is 1.57 bits per heavy atom. The summed E-state index contributed by atoms with van der Waals surface area (Å²) in [5.41, 5.74) is -0.622. The molecule has 0 heterocycles. The Balaban J connectivity index is 4.23. The van der Waals surface area contributed by atoms with Gasteiger partial charge in [-0.25, -0.2) is 4.79 Å². The van der Waals surface area contributed by atoms with Crippen molar-refractivity contribution in [3.8, 4) is 0 Å². The standard InChI is InChI=1S/C41H74O6/c1-7-10-11-12-13-17-20-27-32-40(44)47-35-41(9-3,34-46-39(43)8-2)33-45-38(6)31-26-22-21-24-29-36(4)28-23-18-15-14-16-19-25-30-37(5)42/h8,36H,2,6-7,9-35H2,1,3-5H3. The SMILES string of the molecule is C=CC(=O)OCC(CC)(COC(=C)CCCCCCC(C)CCCCCCCCCC(C)=O)COC(=O)CCCCCCCCCC. The number of hydrogen-bond donors (Lipinski definition) is 0. The van der Waals surface area contributed by atoms with Crippen LogP contribution in [0.2, 0.25) is 0 Å². The molecule has 0 spiro atoms. The van der Waals surface area contributed by atoms with Crippen molar-refractivity contribution in [1.29, 1.82) is 0 Å². The van der Waals surface area contributed by atoms with Crippen molar-refractivity contribution in [3.63, 3.8) is 0 Å². The molecule has 0 radical (unpaired) electrons. The smallest absolute Gasteiger partial charge is 0.330 e. The van der Waals surface area contributed by atoms with Gasteiger partial charge in [0, 0.05) is 25.3 Å². The molecule has 2 atom stereocenters. The van der Waals surface area contributed by atoms with Crippen LogP contribution in [-0.2, 0) is 28.6 Å². The van der Waals surface area contributed by atoms with Crippen LogP contribution in [0.4, 0.5) is 0 Å². The molecule has 0 aromatic heterocycles. The average Bonchev–Trinajstić information content (AvgIpc) is 3.06. The minimum absolute atomic E-state index is 0.104. The number of carbonyl (C=O) groups excluding carboxylic acids is 3. The van der Waals surface area contributed by atoms with E-state index in [-0.39, 0.29) is 25.8 Å². The lowest BCUT2D eigenvalue weighted by Gasteiger charge is -2.31. The molecule has 47 heavy (non-hydrogen) atoms. The molecule has 0 saturated carbocycles. The molecule has 0 aliphatic heterocycles. The van der Waals surface area contributed by atoms with Crippen molar-refractivity contribution in [3.05, 3.63) is 25.0 Å². The molecule has 274 valence electrons. The van der Waals surface area contributed by atoms with Crippen LogP contribution in [0.15, 0.2) is 25.0 Å². The van der Waals surface area contributed by atoms with Gasteiger partial charge in [0.05, 0.1) is 17.8 Å². The fraction of sp³-hybridized carbons (Fsp3) is 0.829. The predicted octanol–water partition coefficient (Wildman–Crippen LogP) is 11.8. The fourth-order valence-electron chi connectivity index (χ4n) is 5.81. The summed E-state index contributed by atoms with van der Waals surface area (Å²) < 4.78 is 17.2. The van der Waals surface area contributed by atoms with E-state index >= 15 is 0 Å². The van der Waals surface area contributed by atoms with E-state index in [1.54, 1.807) is 6.92 Å². The minimum atomic E-state index is -0.622. The lowest BCUT2D eigenvalue weighted by Crippen LogP contribution is -2.38. The maximum atomic E-state index is 12.5. The van der Waals surface area contributed by atoms with E-state index in [0.29, 0.717) is 18.6 Å². The number of unbranched alkanes of at least 4 members (excludes halogenated alkanes) is 16. The maximum Gasteiger partial charge on any atom is 0.330 e. The second-order valence-electron chi connectivity index (χ2n) is 14.2. The van der Waals surface area contributed by atoms with Gasteiger partial charge in [-0.1, -0.05) is 150 Å². The number of ketones is 1. The molecule has 0 saturated heterocycles. The third-order valence-electron chi connectivity index (χ3n) is 9.42. The van der Waals surface area contributed by atoms with E-state index in [2.05, 4.69) is 27.0 Å². The monoisotopic (exact) mass is 663 g/mol. The van der Waals surface area contributed by atoms with Gasteiger partial charge in [-0.2, -0.15) is 0 Å². The van der Waals surface area contributed by atoms with Gasteiger partial charge in [0.1, 0.15) is 19.0 Å². The molecule has 2 unspecified atom stereocenters. The number of carbonyl (C=O) groups is 3. The lowest BCUT2D eigenvalue weighted by atomic mass is 9.88. The molecule has 0 aliphatic rings. The van der Waals surface area contributed by atoms with E-state index in [0.717, 1.165) is 69.1 Å². The van der Waals surface area contributed by atoms with E-state index < -0.39 is 11.4 Å². The average molecular weight is 663 g/mol. The zero-order chi connectivity index (χ0) is 35.0. The summed E-state index contributed by atoms with van der Waals surface area (Å²) in [6, 6.07) is 0. The molecule has 0 bridgehead atoms. The zero-order valence-electron chi connectivity index (χ0n) is 31.3. The Morgan fingerprint density at radius 1 is 0.617 bits per heavy atom. The molecule has 0 N–H and O–H groups in total. The van der Waals surface area contributed by atoms with Crippen LogP contribution in [0, 0.1) is 11.3 Å². The van der Waals surface area contributed by atoms with Crippen LogP contribution in [0.1, 0.15) is 188 Å². The van der Waals surface area contributed by atoms with Crippen LogP contribution >= 0.6 is 0 Å². The topological polar surface area (TPSA) is 78.9 Å². The van der Waals surface area contributed by atoms with Crippen LogP contribution in [0.3, 0.4) is 0 Å². The second kappa shape index (κ2) is 31.2. The van der Waals surface area contributed by atoms with E-state index in [9.17, 15) is 14.4 Å². The predicted molar refractivity (Wildman–Crippen MR) is 196 cm³/mol. The van der Waals surface area contributed by atoms with Gasteiger partial charge in [-0.3, -0.25) is 4.79 Å². The number of esters is 2. The number of hydrogen-bond acceptors (Lipinski definition) is 6. The Hall–Kier alpha value is -2.11. The van der Waals surface area contributed by atoms with Gasteiger partial charge in [-0.05, 0) is 38.5 Å². The first kappa shape index (κ1) is 44.9. The van der Waals surface area contributed by atoms with Crippen LogP contribution in [-0.4, -0.2) is 37.5 Å². The molecular formula is C41H74O6. The number of ether oxygens (including phenoxy) is 3. The summed E-state index contributed by atoms with van der Waals surface area (Å²) in [5.74, 6) is 1.14. The highest BCUT2D eigenvalue weighted by molar-refractivity contribution is 5.81. The molecule has 0 amide bonds. The largest absolute Gasteiger partial charge is 0.498 e. The summed E-state index contributed by atoms with van der Waals surface area (Å²) in [4.78, 5) is 35.3. The maximum absolute atomic E-state index is 12.5. The Morgan fingerprint density at radius 2 is 1.06 bits per heavy atom. The molecule has 0 aromatic rings. The quantitative estimate of drug-likeness (QED) is 0.0291. The van der Waals surface area contributed by atoms with Gasteiger partial charge in [0.25, 0.3) is 0 Å². The number of Topliss-reactive ketones (excluding diaryl/α,β-unsaturated/α-hetero) is 1. The molecule has 6 heteroatoms. The molecule has 0 fully saturated rings. The van der Waals surface area contributed by atoms with Gasteiger partial charge < -0.3 is 19.0 Å². The normalized spacial score (nSPS) is 13.0. The Kier molecular flexibility index (Phi) is 29.8. The summed E-state index contributed by atoms with van der Waals surface area (Å²) in [7, 11) is 0. The van der Waals surface area contributed by atoms with Crippen molar-refractivity contribution < 1.29 is 28.6 Å². The fourth-order valence-corrected chi connectivity index (χ4v) is 5.81. The lowest BCUT2D eigenvalue weighted by molar-refractivity contribution is -0.154. The summed E-state index contributed by atoms with van der Waals surface area (Å²) in [6.45, 7) is 16.5. The van der Waals surface area contributed by atoms with E-state index in [1.807, 2.05) is 6.92 Å². The van der Waals surface area contributed by atoms with Crippen molar-refractivity contribution >= 4 is 17.7 Å². The van der Waals surface area contributed by atoms with Gasteiger partial charge in [0.15, 0.2) is 0 Å². The summed E-state index contributed by atoms with van der Waals surface area (Å²) >= 11 is 0. The first-order valence-electron chi connectivity index (χ1n) is 19.4. The van der Waals surface area contributed by atoms with Crippen molar-refractivity contribution in [2.45, 2.75) is 188 Å². The first-order valence-corrected chi connectivity index (χ1v) is 19.4. The Bertz CT molecular complexity index is 821. The molecule has 0 aromatic carbocycles. The zero-order valence-corrected chi connectivity index (χ0v) is 31.3. The highest BCUT2D eigenvalue weighted by Crippen LogP contribution is 2.27. The molecular weight excluding hydrogens is 588 g/mol. The minimum Gasteiger partial charge on any atom is -0.498 e. The van der Waals surface area contributed by atoms with Crippen molar-refractivity contribution in [1.82, 2.24) is 0 Å². The second-order valence-corrected chi connectivity index (χ2v) is 14.2. The molecule has 6 nitrogen and oxygen atoms in total. The van der Waals surface area contributed by atoms with Crippen molar-refractivity contribution in [2.75, 3.05) is 19.8 Å². The van der Waals surface area contributed by atoms with Crippen LogP contribution in [0.5, 0.6) is 0 Å². The van der Waals surface area contributed by atoms with Crippen molar-refractivity contribution in [2.24, 2.45) is 11.3 Å². The highest BCUT2D eigenvalue weighted by Gasteiger charge is 2.33. The van der Waals surface area contributed by atoms with E-state index in [1.165, 1.54) is 96.3 Å². The highest BCUT2D eigenvalue weighted by atomic mass is 16.6. The number of allylic oxidation sites excluding steroid dienone is 1. The third-order valence-corrected chi connectivity index (χ3v) is 9.42. The number of rotatable bonds is 35. The summed E-state index contributed by atoms with van der Waals surface area (Å²) in [5, 5.41) is 0. The summed E-state index contributed by atoms with van der Waals surface area (Å²) in [6.07, 6.45) is 29.3. The van der Waals surface area contributed by atoms with Gasteiger partial charge in [-0.15, -0.1) is 0 Å². The van der Waals surface area contributed by atoms with E-state index in [4.69, 9.17) is 14.2 Å². The van der Waals surface area contributed by atoms with Gasteiger partial charge >= 0.3 is 11.9 Å². The third kappa shape index (κ3) is 28.6. The first-order chi connectivity index (χ1) is 22.7. The van der Waals surface area contributed by atoms with Crippen LogP contribution < -0.4 is 0 Å².